The summed E-state index contributed by atoms with van der Waals surface area (Å²) in [7, 11) is -4.84. The molecule has 94 valence electrons. The molecule has 2 rings (SSSR count). The van der Waals surface area contributed by atoms with Crippen LogP contribution in [-0.2, 0) is 10.2 Å². The van der Waals surface area contributed by atoms with Crippen LogP contribution in [0.15, 0.2) is 41.4 Å². The number of aromatic nitrogens is 1. The van der Waals surface area contributed by atoms with Crippen LogP contribution in [0, 0.1) is 0 Å². The number of rotatable bonds is 2. The van der Waals surface area contributed by atoms with Gasteiger partial charge in [0.1, 0.15) is 0 Å². The maximum Gasteiger partial charge on any atom is 0.349 e. The topological polar surface area (TPSA) is 47.0 Å². The van der Waals surface area contributed by atoms with Crippen LogP contribution in [0.4, 0.5) is 3.89 Å². The van der Waals surface area contributed by atoms with Crippen molar-refractivity contribution in [3.8, 4) is 11.3 Å². The Balaban J connectivity index is 2.62. The Morgan fingerprint density at radius 1 is 1.11 bits per heavy atom. The summed E-state index contributed by atoms with van der Waals surface area (Å²) >= 11 is 11.8. The zero-order chi connectivity index (χ0) is 13.3. The molecule has 1 aromatic heterocycles. The molecule has 0 radical (unpaired) electrons. The van der Waals surface area contributed by atoms with Crippen molar-refractivity contribution in [1.82, 2.24) is 4.98 Å². The first-order chi connectivity index (χ1) is 8.38. The van der Waals surface area contributed by atoms with Gasteiger partial charge in [-0.1, -0.05) is 33.2 Å². The largest absolute Gasteiger partial charge is 0.349 e. The summed E-state index contributed by atoms with van der Waals surface area (Å²) in [6, 6.07) is 8.64. The first-order valence-corrected chi connectivity index (χ1v) is 6.89. The van der Waals surface area contributed by atoms with E-state index in [2.05, 4.69) is 4.98 Å². The third kappa shape index (κ3) is 2.80. The predicted octanol–water partition coefficient (Wildman–Crippen LogP) is 3.71. The van der Waals surface area contributed by atoms with Crippen LogP contribution >= 0.6 is 23.2 Å². The van der Waals surface area contributed by atoms with Gasteiger partial charge in [0.05, 0.1) is 10.7 Å². The van der Waals surface area contributed by atoms with Gasteiger partial charge in [-0.05, 0) is 30.3 Å². The number of nitrogens with zero attached hydrogens (tertiary/aromatic N) is 1. The van der Waals surface area contributed by atoms with E-state index in [4.69, 9.17) is 23.2 Å². The SMILES string of the molecule is O=S(=O)(F)c1cccc(-c2cc(Cl)ccc2Cl)n1. The van der Waals surface area contributed by atoms with E-state index in [1.54, 1.807) is 12.1 Å². The van der Waals surface area contributed by atoms with Crippen molar-refractivity contribution in [3.05, 3.63) is 46.4 Å². The van der Waals surface area contributed by atoms with E-state index in [-0.39, 0.29) is 5.69 Å². The molecule has 2 aromatic rings. The van der Waals surface area contributed by atoms with Gasteiger partial charge in [-0.15, -0.1) is 0 Å². The number of pyridine rings is 1. The Kier molecular flexibility index (Phi) is 3.56. The lowest BCUT2D eigenvalue weighted by Gasteiger charge is -2.05. The fourth-order valence-electron chi connectivity index (χ4n) is 1.39. The van der Waals surface area contributed by atoms with Crippen molar-refractivity contribution < 1.29 is 12.3 Å². The summed E-state index contributed by atoms with van der Waals surface area (Å²) in [5.74, 6) is 0. The monoisotopic (exact) mass is 305 g/mol. The number of halogens is 3. The molecule has 0 bridgehead atoms. The second kappa shape index (κ2) is 4.84. The third-order valence-electron chi connectivity index (χ3n) is 2.18. The van der Waals surface area contributed by atoms with Crippen LogP contribution in [0.2, 0.25) is 10.0 Å². The Labute approximate surface area is 113 Å². The Hall–Kier alpha value is -1.17. The minimum atomic E-state index is -4.84. The Morgan fingerprint density at radius 3 is 2.50 bits per heavy atom. The van der Waals surface area contributed by atoms with Crippen LogP contribution in [0.3, 0.4) is 0 Å². The average Bonchev–Trinajstić information content (AvgIpc) is 2.31. The minimum absolute atomic E-state index is 0.237. The zero-order valence-corrected chi connectivity index (χ0v) is 11.1. The lowest BCUT2D eigenvalue weighted by atomic mass is 10.1. The van der Waals surface area contributed by atoms with E-state index in [0.717, 1.165) is 6.07 Å². The smallest absolute Gasteiger partial charge is 0.234 e. The van der Waals surface area contributed by atoms with Crippen LogP contribution in [0.25, 0.3) is 11.3 Å². The highest BCUT2D eigenvalue weighted by molar-refractivity contribution is 7.86. The molecule has 7 heteroatoms. The second-order valence-corrected chi connectivity index (χ2v) is 5.56. The van der Waals surface area contributed by atoms with E-state index in [1.807, 2.05) is 0 Å². The van der Waals surface area contributed by atoms with Crippen molar-refractivity contribution in [2.45, 2.75) is 5.03 Å². The molecule has 0 aliphatic carbocycles. The highest BCUT2D eigenvalue weighted by Crippen LogP contribution is 2.29. The summed E-state index contributed by atoms with van der Waals surface area (Å²) in [6.07, 6.45) is 0. The fourth-order valence-corrected chi connectivity index (χ4v) is 2.23. The molecule has 3 nitrogen and oxygen atoms in total. The molecule has 0 saturated carbocycles. The number of benzene rings is 1. The summed E-state index contributed by atoms with van der Waals surface area (Å²) in [5, 5.41) is 0.112. The lowest BCUT2D eigenvalue weighted by molar-refractivity contribution is 0.548. The summed E-state index contributed by atoms with van der Waals surface area (Å²) in [5.41, 5.74) is 0.677. The molecule has 18 heavy (non-hydrogen) atoms. The molecular formula is C11H6Cl2FNO2S. The molecule has 1 aromatic carbocycles. The molecule has 0 spiro atoms. The van der Waals surface area contributed by atoms with E-state index in [0.29, 0.717) is 15.6 Å². The first-order valence-electron chi connectivity index (χ1n) is 4.75. The van der Waals surface area contributed by atoms with Crippen LogP contribution < -0.4 is 0 Å². The molecular weight excluding hydrogens is 300 g/mol. The molecule has 0 amide bonds. The van der Waals surface area contributed by atoms with Gasteiger partial charge >= 0.3 is 10.2 Å². The molecule has 0 fully saturated rings. The van der Waals surface area contributed by atoms with Gasteiger partial charge in [0, 0.05) is 10.6 Å². The van der Waals surface area contributed by atoms with Crippen molar-refractivity contribution >= 4 is 33.4 Å². The average molecular weight is 306 g/mol. The fraction of sp³-hybridized carbons (Fsp3) is 0. The number of hydrogen-bond acceptors (Lipinski definition) is 3. The highest BCUT2D eigenvalue weighted by atomic mass is 35.5. The standard InChI is InChI=1S/C11H6Cl2FNO2S/c12-7-4-5-9(13)8(6-7)10-2-1-3-11(15-10)18(14,16)17/h1-6H. The van der Waals surface area contributed by atoms with Crippen molar-refractivity contribution in [1.29, 1.82) is 0 Å². The van der Waals surface area contributed by atoms with Gasteiger partial charge in [0.2, 0.25) is 0 Å². The van der Waals surface area contributed by atoms with E-state index in [1.165, 1.54) is 18.2 Å². The quantitative estimate of drug-likeness (QED) is 0.795. The predicted molar refractivity (Wildman–Crippen MR) is 68.0 cm³/mol. The molecule has 0 aliphatic heterocycles. The maximum atomic E-state index is 12.8. The van der Waals surface area contributed by atoms with Crippen LogP contribution in [-0.4, -0.2) is 13.4 Å². The summed E-state index contributed by atoms with van der Waals surface area (Å²) < 4.78 is 34.4. The normalized spacial score (nSPS) is 11.5. The molecule has 0 unspecified atom stereocenters. The molecule has 0 N–H and O–H groups in total. The third-order valence-corrected chi connectivity index (χ3v) is 3.47. The van der Waals surface area contributed by atoms with Crippen molar-refractivity contribution in [2.75, 3.05) is 0 Å². The Bertz CT molecular complexity index is 704. The second-order valence-electron chi connectivity index (χ2n) is 3.42. The molecule has 0 aliphatic rings. The molecule has 1 heterocycles. The van der Waals surface area contributed by atoms with Gasteiger partial charge in [-0.25, -0.2) is 4.98 Å². The molecule has 0 saturated heterocycles. The zero-order valence-electron chi connectivity index (χ0n) is 8.77. The van der Waals surface area contributed by atoms with Crippen LogP contribution in [0.5, 0.6) is 0 Å². The van der Waals surface area contributed by atoms with Crippen LogP contribution in [0.1, 0.15) is 0 Å². The van der Waals surface area contributed by atoms with Gasteiger partial charge in [-0.2, -0.15) is 8.42 Å². The number of hydrogen-bond donors (Lipinski definition) is 0. The van der Waals surface area contributed by atoms with E-state index >= 15 is 0 Å². The summed E-state index contributed by atoms with van der Waals surface area (Å²) in [6.45, 7) is 0. The Morgan fingerprint density at radius 2 is 1.83 bits per heavy atom. The van der Waals surface area contributed by atoms with Gasteiger partial charge in [-0.3, -0.25) is 0 Å². The van der Waals surface area contributed by atoms with E-state index in [9.17, 15) is 12.3 Å². The minimum Gasteiger partial charge on any atom is -0.234 e. The first kappa shape index (κ1) is 13.3. The lowest BCUT2D eigenvalue weighted by Crippen LogP contribution is -1.97. The maximum absolute atomic E-state index is 12.8. The van der Waals surface area contributed by atoms with E-state index < -0.39 is 15.2 Å². The highest BCUT2D eigenvalue weighted by Gasteiger charge is 2.15. The van der Waals surface area contributed by atoms with Crippen molar-refractivity contribution in [3.63, 3.8) is 0 Å². The molecule has 0 atom stereocenters. The van der Waals surface area contributed by atoms with Gasteiger partial charge in [0.25, 0.3) is 0 Å². The summed E-state index contributed by atoms with van der Waals surface area (Å²) in [4.78, 5) is 3.71. The van der Waals surface area contributed by atoms with Gasteiger partial charge < -0.3 is 0 Å². The van der Waals surface area contributed by atoms with Crippen molar-refractivity contribution in [2.24, 2.45) is 0 Å². The van der Waals surface area contributed by atoms with Gasteiger partial charge in [0.15, 0.2) is 5.03 Å².